The SMILES string of the molecule is CCCOS(=O)(=O)Oc1ccc2c(c1)CCC1C2CCC2(C)C(=O)CCC12. The van der Waals surface area contributed by atoms with Crippen molar-refractivity contribution < 1.29 is 21.6 Å². The van der Waals surface area contributed by atoms with E-state index in [1.54, 1.807) is 6.07 Å². The van der Waals surface area contributed by atoms with Crippen LogP contribution in [0.3, 0.4) is 0 Å². The minimum atomic E-state index is -4.01. The molecule has 0 aromatic heterocycles. The van der Waals surface area contributed by atoms with Crippen molar-refractivity contribution in [3.8, 4) is 5.75 Å². The highest BCUT2D eigenvalue weighted by molar-refractivity contribution is 7.82. The number of Topliss-reactive ketones (excluding diaryl/α,β-unsaturated/α-hetero) is 1. The van der Waals surface area contributed by atoms with Crippen molar-refractivity contribution >= 4 is 16.2 Å². The van der Waals surface area contributed by atoms with Gasteiger partial charge in [0.1, 0.15) is 11.5 Å². The molecule has 0 saturated heterocycles. The summed E-state index contributed by atoms with van der Waals surface area (Å²) in [4.78, 5) is 12.4. The Morgan fingerprint density at radius 1 is 1.19 bits per heavy atom. The molecule has 0 radical (unpaired) electrons. The van der Waals surface area contributed by atoms with E-state index in [0.717, 1.165) is 38.5 Å². The average Bonchev–Trinajstić information content (AvgIpc) is 2.94. The third-order valence-electron chi connectivity index (χ3n) is 7.04. The number of carbonyl (C=O) groups is 1. The van der Waals surface area contributed by atoms with Crippen LogP contribution in [0, 0.1) is 17.3 Å². The number of carbonyl (C=O) groups excluding carboxylic acids is 1. The monoisotopic (exact) mass is 392 g/mol. The van der Waals surface area contributed by atoms with E-state index in [1.807, 2.05) is 19.1 Å². The second-order valence-electron chi connectivity index (χ2n) is 8.51. The lowest BCUT2D eigenvalue weighted by atomic mass is 9.55. The highest BCUT2D eigenvalue weighted by Crippen LogP contribution is 2.59. The molecule has 0 spiro atoms. The van der Waals surface area contributed by atoms with Gasteiger partial charge in [0.05, 0.1) is 6.61 Å². The van der Waals surface area contributed by atoms with Crippen LogP contribution in [0.2, 0.25) is 0 Å². The van der Waals surface area contributed by atoms with E-state index in [-0.39, 0.29) is 12.0 Å². The molecular weight excluding hydrogens is 364 g/mol. The van der Waals surface area contributed by atoms with Crippen LogP contribution in [-0.4, -0.2) is 20.8 Å². The number of rotatable bonds is 5. The summed E-state index contributed by atoms with van der Waals surface area (Å²) in [6, 6.07) is 5.62. The standard InChI is InChI=1S/C21H28O5S/c1-3-12-25-27(23,24)26-15-5-7-16-14(13-15)4-6-18-17(16)10-11-21(2)19(18)8-9-20(21)22/h5,7,13,17-19H,3-4,6,8-12H2,1-2H3. The van der Waals surface area contributed by atoms with Crippen LogP contribution in [-0.2, 0) is 25.8 Å². The Morgan fingerprint density at radius 3 is 2.78 bits per heavy atom. The Labute approximate surface area is 161 Å². The van der Waals surface area contributed by atoms with Gasteiger partial charge in [-0.25, -0.2) is 4.18 Å². The third-order valence-corrected chi connectivity index (χ3v) is 7.89. The number of ketones is 1. The first-order valence-electron chi connectivity index (χ1n) is 10.1. The van der Waals surface area contributed by atoms with Crippen LogP contribution >= 0.6 is 0 Å². The molecule has 3 aliphatic rings. The fraction of sp³-hybridized carbons (Fsp3) is 0.667. The first kappa shape index (κ1) is 18.9. The molecule has 1 aromatic carbocycles. The summed E-state index contributed by atoms with van der Waals surface area (Å²) in [7, 11) is -4.01. The van der Waals surface area contributed by atoms with Gasteiger partial charge in [0.25, 0.3) is 0 Å². The van der Waals surface area contributed by atoms with Crippen LogP contribution < -0.4 is 4.18 Å². The Morgan fingerprint density at radius 2 is 2.00 bits per heavy atom. The first-order chi connectivity index (χ1) is 12.8. The molecule has 1 aromatic rings. The Balaban J connectivity index is 1.55. The number of aryl methyl sites for hydroxylation is 1. The van der Waals surface area contributed by atoms with Crippen molar-refractivity contribution in [2.45, 2.75) is 64.7 Å². The number of hydrogen-bond acceptors (Lipinski definition) is 5. The Kier molecular flexibility index (Phi) is 4.83. The molecule has 4 rings (SSSR count). The molecular formula is C21H28O5S. The second kappa shape index (κ2) is 6.89. The Bertz CT molecular complexity index is 846. The average molecular weight is 393 g/mol. The van der Waals surface area contributed by atoms with E-state index in [9.17, 15) is 13.2 Å². The lowest BCUT2D eigenvalue weighted by Crippen LogP contribution is -2.42. The largest absolute Gasteiger partial charge is 0.449 e. The van der Waals surface area contributed by atoms with Gasteiger partial charge >= 0.3 is 10.4 Å². The second-order valence-corrected chi connectivity index (χ2v) is 9.73. The maximum absolute atomic E-state index is 12.4. The van der Waals surface area contributed by atoms with Gasteiger partial charge in [-0.1, -0.05) is 19.9 Å². The predicted octanol–water partition coefficient (Wildman–Crippen LogP) is 4.16. The van der Waals surface area contributed by atoms with E-state index in [4.69, 9.17) is 8.37 Å². The molecule has 4 unspecified atom stereocenters. The molecule has 5 nitrogen and oxygen atoms in total. The predicted molar refractivity (Wildman–Crippen MR) is 102 cm³/mol. The lowest BCUT2D eigenvalue weighted by molar-refractivity contribution is -0.129. The lowest BCUT2D eigenvalue weighted by Gasteiger charge is -2.48. The molecule has 148 valence electrons. The van der Waals surface area contributed by atoms with Crippen molar-refractivity contribution in [2.24, 2.45) is 17.3 Å². The quantitative estimate of drug-likeness (QED) is 0.752. The Hall–Kier alpha value is -1.40. The summed E-state index contributed by atoms with van der Waals surface area (Å²) in [5, 5.41) is 0. The smallest absolute Gasteiger partial charge is 0.362 e. The van der Waals surface area contributed by atoms with E-state index in [0.29, 0.717) is 35.7 Å². The number of hydrogen-bond donors (Lipinski definition) is 0. The molecule has 2 fully saturated rings. The van der Waals surface area contributed by atoms with Crippen LogP contribution in [0.15, 0.2) is 18.2 Å². The van der Waals surface area contributed by atoms with Crippen LogP contribution in [0.25, 0.3) is 0 Å². The highest BCUT2D eigenvalue weighted by atomic mass is 32.3. The van der Waals surface area contributed by atoms with Crippen LogP contribution in [0.1, 0.15) is 69.4 Å². The van der Waals surface area contributed by atoms with Gasteiger partial charge in [0.15, 0.2) is 0 Å². The zero-order chi connectivity index (χ0) is 19.2. The summed E-state index contributed by atoms with van der Waals surface area (Å²) in [5.74, 6) is 2.30. The number of benzene rings is 1. The van der Waals surface area contributed by atoms with Crippen molar-refractivity contribution in [2.75, 3.05) is 6.61 Å². The van der Waals surface area contributed by atoms with Crippen molar-refractivity contribution in [1.82, 2.24) is 0 Å². The van der Waals surface area contributed by atoms with Crippen molar-refractivity contribution in [3.63, 3.8) is 0 Å². The molecule has 27 heavy (non-hydrogen) atoms. The zero-order valence-electron chi connectivity index (χ0n) is 16.1. The van der Waals surface area contributed by atoms with Crippen molar-refractivity contribution in [1.29, 1.82) is 0 Å². The van der Waals surface area contributed by atoms with Gasteiger partial charge in [-0.15, -0.1) is 0 Å². The van der Waals surface area contributed by atoms with Crippen LogP contribution in [0.5, 0.6) is 5.75 Å². The summed E-state index contributed by atoms with van der Waals surface area (Å²) >= 11 is 0. The summed E-state index contributed by atoms with van der Waals surface area (Å²) in [5.41, 5.74) is 2.37. The van der Waals surface area contributed by atoms with E-state index < -0.39 is 10.4 Å². The maximum atomic E-state index is 12.4. The zero-order valence-corrected chi connectivity index (χ0v) is 16.9. The maximum Gasteiger partial charge on any atom is 0.449 e. The fourth-order valence-electron chi connectivity index (χ4n) is 5.71. The molecule has 0 aliphatic heterocycles. The summed E-state index contributed by atoms with van der Waals surface area (Å²) < 4.78 is 33.6. The minimum absolute atomic E-state index is 0.119. The molecule has 3 aliphatic carbocycles. The van der Waals surface area contributed by atoms with E-state index in [2.05, 4.69) is 6.92 Å². The van der Waals surface area contributed by atoms with Gasteiger partial charge in [-0.2, -0.15) is 8.42 Å². The molecule has 2 saturated carbocycles. The fourth-order valence-corrected chi connectivity index (χ4v) is 6.47. The summed E-state index contributed by atoms with van der Waals surface area (Å²) in [6.45, 7) is 4.14. The first-order valence-corrected chi connectivity index (χ1v) is 11.4. The topological polar surface area (TPSA) is 69.7 Å². The molecule has 0 N–H and O–H groups in total. The normalized spacial score (nSPS) is 32.5. The van der Waals surface area contributed by atoms with Crippen LogP contribution in [0.4, 0.5) is 0 Å². The van der Waals surface area contributed by atoms with E-state index >= 15 is 0 Å². The minimum Gasteiger partial charge on any atom is -0.362 e. The van der Waals surface area contributed by atoms with Gasteiger partial charge in [-0.05, 0) is 79.5 Å². The highest BCUT2D eigenvalue weighted by Gasteiger charge is 2.54. The molecule has 0 bridgehead atoms. The van der Waals surface area contributed by atoms with Gasteiger partial charge < -0.3 is 4.18 Å². The van der Waals surface area contributed by atoms with Gasteiger partial charge in [0.2, 0.25) is 0 Å². The molecule has 0 amide bonds. The molecule has 6 heteroatoms. The summed E-state index contributed by atoms with van der Waals surface area (Å²) in [6.07, 6.45) is 6.35. The van der Waals surface area contributed by atoms with E-state index in [1.165, 1.54) is 11.1 Å². The third kappa shape index (κ3) is 3.31. The van der Waals surface area contributed by atoms with Gasteiger partial charge in [0, 0.05) is 11.8 Å². The molecule has 0 heterocycles. The van der Waals surface area contributed by atoms with Crippen molar-refractivity contribution in [3.05, 3.63) is 29.3 Å². The van der Waals surface area contributed by atoms with Gasteiger partial charge in [-0.3, -0.25) is 4.79 Å². The molecule has 4 atom stereocenters. The number of fused-ring (bicyclic) bond motifs is 5.